The van der Waals surface area contributed by atoms with Gasteiger partial charge < -0.3 is 18.9 Å². The Bertz CT molecular complexity index is 1080. The predicted octanol–water partition coefficient (Wildman–Crippen LogP) is 2.75. The number of hydrogen-bond donors (Lipinski definition) is 0. The average molecular weight is 436 g/mol. The third-order valence-electron chi connectivity index (χ3n) is 6.49. The maximum absolute atomic E-state index is 13.1. The van der Waals surface area contributed by atoms with Gasteiger partial charge in [0.15, 0.2) is 5.65 Å². The highest BCUT2D eigenvalue weighted by Gasteiger charge is 2.24. The van der Waals surface area contributed by atoms with Crippen molar-refractivity contribution in [3.8, 4) is 5.75 Å². The lowest BCUT2D eigenvalue weighted by Gasteiger charge is -2.35. The molecular weight excluding hydrogens is 406 g/mol. The number of carbonyl (C=O) groups is 1. The molecular formula is C24H29N5O3. The fourth-order valence-corrected chi connectivity index (χ4v) is 4.63. The number of hydrogen-bond acceptors (Lipinski definition) is 6. The molecule has 0 unspecified atom stereocenters. The van der Waals surface area contributed by atoms with Crippen molar-refractivity contribution in [1.82, 2.24) is 24.3 Å². The molecule has 0 bridgehead atoms. The molecule has 1 amide bonds. The summed E-state index contributed by atoms with van der Waals surface area (Å²) in [5, 5.41) is 0. The van der Waals surface area contributed by atoms with Crippen molar-refractivity contribution in [2.24, 2.45) is 0 Å². The van der Waals surface area contributed by atoms with Crippen LogP contribution in [0, 0.1) is 0 Å². The highest BCUT2D eigenvalue weighted by atomic mass is 16.5. The van der Waals surface area contributed by atoms with Crippen LogP contribution in [0.3, 0.4) is 0 Å². The first-order chi connectivity index (χ1) is 15.7. The summed E-state index contributed by atoms with van der Waals surface area (Å²) in [4.78, 5) is 26.5. The van der Waals surface area contributed by atoms with Crippen LogP contribution in [-0.2, 0) is 11.3 Å². The van der Waals surface area contributed by atoms with Gasteiger partial charge in [-0.05, 0) is 25.0 Å². The molecule has 2 fully saturated rings. The van der Waals surface area contributed by atoms with Crippen LogP contribution in [-0.4, -0.2) is 76.7 Å². The van der Waals surface area contributed by atoms with Crippen molar-refractivity contribution in [3.05, 3.63) is 54.0 Å². The van der Waals surface area contributed by atoms with E-state index in [-0.39, 0.29) is 5.91 Å². The third-order valence-corrected chi connectivity index (χ3v) is 6.49. The van der Waals surface area contributed by atoms with Crippen molar-refractivity contribution in [2.45, 2.75) is 25.4 Å². The predicted molar refractivity (Wildman–Crippen MR) is 121 cm³/mol. The van der Waals surface area contributed by atoms with E-state index in [4.69, 9.17) is 9.47 Å². The van der Waals surface area contributed by atoms with Crippen molar-refractivity contribution in [2.75, 3.05) is 46.5 Å². The number of rotatable bonds is 5. The van der Waals surface area contributed by atoms with Crippen LogP contribution in [0.1, 0.15) is 34.8 Å². The van der Waals surface area contributed by atoms with E-state index in [2.05, 4.69) is 25.5 Å². The monoisotopic (exact) mass is 435 g/mol. The Labute approximate surface area is 187 Å². The minimum absolute atomic E-state index is 0.0250. The number of ether oxygens (including phenoxy) is 2. The topological polar surface area (TPSA) is 72.7 Å². The Balaban J connectivity index is 1.23. The van der Waals surface area contributed by atoms with Crippen LogP contribution in [0.4, 0.5) is 0 Å². The summed E-state index contributed by atoms with van der Waals surface area (Å²) in [7, 11) is 1.70. The fourth-order valence-electron chi connectivity index (χ4n) is 4.63. The van der Waals surface area contributed by atoms with E-state index in [1.807, 2.05) is 35.5 Å². The number of aromatic nitrogens is 3. The molecule has 3 aromatic rings. The van der Waals surface area contributed by atoms with Gasteiger partial charge in [-0.25, -0.2) is 9.97 Å². The minimum atomic E-state index is 0.0250. The molecule has 168 valence electrons. The van der Waals surface area contributed by atoms with E-state index in [1.165, 1.54) is 5.56 Å². The Hall–Kier alpha value is -2.97. The largest absolute Gasteiger partial charge is 0.496 e. The summed E-state index contributed by atoms with van der Waals surface area (Å²) in [6.45, 7) is 5.41. The molecule has 0 atom stereocenters. The number of methoxy groups -OCH3 is 1. The van der Waals surface area contributed by atoms with Gasteiger partial charge in [-0.3, -0.25) is 9.69 Å². The lowest BCUT2D eigenvalue weighted by Crippen LogP contribution is -2.48. The summed E-state index contributed by atoms with van der Waals surface area (Å²) < 4.78 is 13.1. The number of benzene rings is 1. The van der Waals surface area contributed by atoms with Crippen molar-refractivity contribution in [1.29, 1.82) is 0 Å². The molecule has 8 heteroatoms. The zero-order valence-electron chi connectivity index (χ0n) is 18.4. The molecule has 1 aromatic carbocycles. The molecule has 8 nitrogen and oxygen atoms in total. The third kappa shape index (κ3) is 4.20. The summed E-state index contributed by atoms with van der Waals surface area (Å²) in [6, 6.07) is 10.3. The van der Waals surface area contributed by atoms with E-state index < -0.39 is 0 Å². The summed E-state index contributed by atoms with van der Waals surface area (Å²) in [6.07, 6.45) is 5.47. The number of fused-ring (bicyclic) bond motifs is 1. The van der Waals surface area contributed by atoms with E-state index in [1.54, 1.807) is 13.3 Å². The number of carbonyl (C=O) groups excluding carboxylic acids is 1. The molecule has 0 aliphatic carbocycles. The van der Waals surface area contributed by atoms with Crippen LogP contribution in [0.2, 0.25) is 0 Å². The second kappa shape index (κ2) is 9.26. The number of imidazole rings is 1. The van der Waals surface area contributed by atoms with E-state index in [0.717, 1.165) is 62.6 Å². The van der Waals surface area contributed by atoms with Crippen LogP contribution in [0.5, 0.6) is 5.75 Å². The molecule has 2 saturated heterocycles. The van der Waals surface area contributed by atoms with Gasteiger partial charge in [0.25, 0.3) is 5.91 Å². The molecule has 5 rings (SSSR count). The van der Waals surface area contributed by atoms with Gasteiger partial charge in [0.2, 0.25) is 0 Å². The number of pyridine rings is 1. The Morgan fingerprint density at radius 2 is 1.91 bits per heavy atom. The summed E-state index contributed by atoms with van der Waals surface area (Å²) in [5.41, 5.74) is 3.39. The number of nitrogens with zero attached hydrogens (tertiary/aromatic N) is 5. The van der Waals surface area contributed by atoms with Crippen molar-refractivity contribution in [3.63, 3.8) is 0 Å². The smallest absolute Gasteiger partial charge is 0.255 e. The van der Waals surface area contributed by atoms with E-state index in [9.17, 15) is 4.79 Å². The van der Waals surface area contributed by atoms with Gasteiger partial charge in [-0.1, -0.05) is 18.2 Å². The first kappa shape index (κ1) is 20.9. The Morgan fingerprint density at radius 1 is 1.12 bits per heavy atom. The van der Waals surface area contributed by atoms with Crippen molar-refractivity contribution >= 4 is 17.1 Å². The van der Waals surface area contributed by atoms with E-state index >= 15 is 0 Å². The zero-order valence-corrected chi connectivity index (χ0v) is 18.4. The quantitative estimate of drug-likeness (QED) is 0.614. The zero-order chi connectivity index (χ0) is 21.9. The highest BCUT2D eigenvalue weighted by molar-refractivity contribution is 5.96. The fraction of sp³-hybridized carbons (Fsp3) is 0.458. The molecule has 2 aliphatic heterocycles. The summed E-state index contributed by atoms with van der Waals surface area (Å²) in [5.74, 6) is 0.933. The van der Waals surface area contributed by atoms with Crippen LogP contribution in [0.25, 0.3) is 11.2 Å². The van der Waals surface area contributed by atoms with Gasteiger partial charge >= 0.3 is 0 Å². The average Bonchev–Trinajstić information content (AvgIpc) is 3.28. The van der Waals surface area contributed by atoms with Gasteiger partial charge in [0.05, 0.1) is 19.0 Å². The van der Waals surface area contributed by atoms with E-state index in [0.29, 0.717) is 24.7 Å². The first-order valence-electron chi connectivity index (χ1n) is 11.3. The second-order valence-electron chi connectivity index (χ2n) is 8.44. The van der Waals surface area contributed by atoms with Crippen LogP contribution >= 0.6 is 0 Å². The molecule has 0 saturated carbocycles. The van der Waals surface area contributed by atoms with Crippen LogP contribution < -0.4 is 4.74 Å². The molecule has 4 heterocycles. The van der Waals surface area contributed by atoms with Gasteiger partial charge in [-0.2, -0.15) is 0 Å². The maximum atomic E-state index is 13.1. The second-order valence-corrected chi connectivity index (χ2v) is 8.44. The molecule has 0 N–H and O–H groups in total. The minimum Gasteiger partial charge on any atom is -0.496 e. The number of amides is 1. The van der Waals surface area contributed by atoms with Crippen LogP contribution in [0.15, 0.2) is 42.9 Å². The van der Waals surface area contributed by atoms with Crippen molar-refractivity contribution < 1.29 is 14.3 Å². The van der Waals surface area contributed by atoms with Gasteiger partial charge in [0, 0.05) is 63.7 Å². The molecule has 32 heavy (non-hydrogen) atoms. The van der Waals surface area contributed by atoms with Gasteiger partial charge in [-0.15, -0.1) is 0 Å². The van der Waals surface area contributed by atoms with Gasteiger partial charge in [0.1, 0.15) is 11.3 Å². The summed E-state index contributed by atoms with van der Waals surface area (Å²) >= 11 is 0. The first-order valence-corrected chi connectivity index (χ1v) is 11.3. The molecule has 0 spiro atoms. The molecule has 2 aromatic heterocycles. The highest BCUT2D eigenvalue weighted by Crippen LogP contribution is 2.25. The Morgan fingerprint density at radius 3 is 2.69 bits per heavy atom. The Kier molecular flexibility index (Phi) is 6.05. The normalized spacial score (nSPS) is 18.2. The molecule has 2 aliphatic rings. The standard InChI is InChI=1S/C24H29N5O3/c1-31-22-5-3-2-4-18(22)16-27-8-10-28(11-9-27)24(30)19-14-21-23(25-15-19)29(17-26-21)20-6-12-32-13-7-20/h2-5,14-15,17,20H,6-13,16H2,1H3. The SMILES string of the molecule is COc1ccccc1CN1CCN(C(=O)c2cnc3c(c2)ncn3C2CCOCC2)CC1. The lowest BCUT2D eigenvalue weighted by atomic mass is 10.1. The maximum Gasteiger partial charge on any atom is 0.255 e. The number of para-hydroxylation sites is 1. The number of piperazine rings is 1. The molecule has 0 radical (unpaired) electrons. The lowest BCUT2D eigenvalue weighted by molar-refractivity contribution is 0.0627.